The topological polar surface area (TPSA) is 26.0 Å². The fraction of sp³-hybridized carbons (Fsp3) is 0.400. The van der Waals surface area contributed by atoms with Crippen LogP contribution in [0.5, 0.6) is 0 Å². The molecule has 0 bridgehead atoms. The first kappa shape index (κ1) is 12.7. The number of hydrogen-bond donors (Lipinski definition) is 1. The highest BCUT2D eigenvalue weighted by Crippen LogP contribution is 2.21. The van der Waals surface area contributed by atoms with Gasteiger partial charge in [-0.2, -0.15) is 0 Å². The van der Waals surface area contributed by atoms with Crippen LogP contribution >= 0.6 is 0 Å². The van der Waals surface area contributed by atoms with Gasteiger partial charge in [0.05, 0.1) is 21.1 Å². The van der Waals surface area contributed by atoms with Crippen molar-refractivity contribution in [3.8, 4) is 0 Å². The molecule has 13 heavy (non-hydrogen) atoms. The van der Waals surface area contributed by atoms with Crippen molar-refractivity contribution in [1.29, 1.82) is 0 Å². The minimum absolute atomic E-state index is 0. The van der Waals surface area contributed by atoms with E-state index in [4.69, 9.17) is 5.73 Å². The molecule has 0 aliphatic rings. The second kappa shape index (κ2) is 4.28. The Morgan fingerprint density at radius 1 is 1.15 bits per heavy atom. The van der Waals surface area contributed by atoms with Crippen LogP contribution in [0.25, 0.3) is 0 Å². The van der Waals surface area contributed by atoms with Gasteiger partial charge in [0.25, 0.3) is 0 Å². The third-order valence-corrected chi connectivity index (χ3v) is 2.03. The van der Waals surface area contributed by atoms with Crippen LogP contribution in [0, 0.1) is 6.92 Å². The maximum absolute atomic E-state index is 5.73. The number of quaternary nitrogens is 1. The van der Waals surface area contributed by atoms with Gasteiger partial charge in [-0.05, 0) is 18.6 Å². The summed E-state index contributed by atoms with van der Waals surface area (Å²) in [4.78, 5) is 0. The molecule has 0 radical (unpaired) electrons. The molecule has 1 aromatic rings. The van der Waals surface area contributed by atoms with Gasteiger partial charge in [-0.15, -0.1) is 0 Å². The van der Waals surface area contributed by atoms with E-state index in [1.807, 2.05) is 13.0 Å². The van der Waals surface area contributed by atoms with E-state index in [9.17, 15) is 0 Å². The van der Waals surface area contributed by atoms with E-state index in [0.717, 1.165) is 15.7 Å². The van der Waals surface area contributed by atoms with Crippen molar-refractivity contribution in [3.63, 3.8) is 0 Å². The van der Waals surface area contributed by atoms with E-state index in [1.165, 1.54) is 5.69 Å². The van der Waals surface area contributed by atoms with E-state index in [2.05, 4.69) is 33.3 Å². The highest BCUT2D eigenvalue weighted by atomic mass is 127. The second-order valence-corrected chi connectivity index (χ2v) is 4.05. The Morgan fingerprint density at radius 2 is 1.69 bits per heavy atom. The molecule has 0 aromatic heterocycles. The minimum Gasteiger partial charge on any atom is -1.00 e. The first-order valence-corrected chi connectivity index (χ1v) is 4.09. The lowest BCUT2D eigenvalue weighted by atomic mass is 10.1. The molecule has 0 atom stereocenters. The molecule has 2 nitrogen and oxygen atoms in total. The molecule has 0 saturated heterocycles. The summed E-state index contributed by atoms with van der Waals surface area (Å²) in [5, 5.41) is 0. The fourth-order valence-electron chi connectivity index (χ4n) is 1.08. The summed E-state index contributed by atoms with van der Waals surface area (Å²) in [6.45, 7) is 2.04. The molecular formula is C10H17IN2. The molecule has 74 valence electrons. The predicted octanol–water partition coefficient (Wildman–Crippen LogP) is -1.22. The molecule has 1 aromatic carbocycles. The Labute approximate surface area is 97.3 Å². The summed E-state index contributed by atoms with van der Waals surface area (Å²) in [5.74, 6) is 0. The zero-order valence-corrected chi connectivity index (χ0v) is 10.8. The molecule has 0 spiro atoms. The normalized spacial score (nSPS) is 10.8. The molecule has 0 saturated carbocycles. The number of hydrogen-bond acceptors (Lipinski definition) is 1. The van der Waals surface area contributed by atoms with Gasteiger partial charge in [-0.1, -0.05) is 0 Å². The van der Waals surface area contributed by atoms with Crippen molar-refractivity contribution < 1.29 is 24.0 Å². The Hall–Kier alpha value is -0.290. The molecule has 0 aliphatic carbocycles. The summed E-state index contributed by atoms with van der Waals surface area (Å²) in [6.07, 6.45) is 0. The maximum Gasteiger partial charge on any atom is 0.132 e. The van der Waals surface area contributed by atoms with Crippen molar-refractivity contribution in [2.24, 2.45) is 0 Å². The molecule has 1 rings (SSSR count). The van der Waals surface area contributed by atoms with Crippen molar-refractivity contribution in [2.75, 3.05) is 26.9 Å². The van der Waals surface area contributed by atoms with Gasteiger partial charge in [-0.3, -0.25) is 4.48 Å². The van der Waals surface area contributed by atoms with Gasteiger partial charge in [0.2, 0.25) is 0 Å². The van der Waals surface area contributed by atoms with E-state index in [1.54, 1.807) is 0 Å². The number of aryl methyl sites for hydroxylation is 1. The lowest BCUT2D eigenvalue weighted by Crippen LogP contribution is -3.00. The lowest BCUT2D eigenvalue weighted by Gasteiger charge is -2.23. The zero-order valence-electron chi connectivity index (χ0n) is 8.63. The van der Waals surface area contributed by atoms with Crippen molar-refractivity contribution in [3.05, 3.63) is 23.8 Å². The Bertz CT molecular complexity index is 289. The first-order valence-electron chi connectivity index (χ1n) is 4.09. The highest BCUT2D eigenvalue weighted by molar-refractivity contribution is 5.55. The molecule has 2 N–H and O–H groups in total. The smallest absolute Gasteiger partial charge is 0.132 e. The van der Waals surface area contributed by atoms with E-state index in [0.29, 0.717) is 0 Å². The molecule has 0 amide bonds. The standard InChI is InChI=1S/C10H17N2.HI/c1-8-7-9(12(2,3)4)5-6-10(8)11;/h5-7H,11H2,1-4H3;1H/q+1;/p-1. The number of nitrogen functional groups attached to an aromatic ring is 1. The summed E-state index contributed by atoms with van der Waals surface area (Å²) in [5.41, 5.74) is 9.03. The van der Waals surface area contributed by atoms with Crippen LogP contribution in [-0.4, -0.2) is 21.1 Å². The summed E-state index contributed by atoms with van der Waals surface area (Å²) in [7, 11) is 6.43. The average molecular weight is 292 g/mol. The van der Waals surface area contributed by atoms with Crippen LogP contribution in [0.15, 0.2) is 18.2 Å². The average Bonchev–Trinajstić information content (AvgIpc) is 1.92. The predicted molar refractivity (Wildman–Crippen MR) is 55.2 cm³/mol. The number of nitrogens with zero attached hydrogens (tertiary/aromatic N) is 1. The van der Waals surface area contributed by atoms with E-state index >= 15 is 0 Å². The molecule has 3 heteroatoms. The van der Waals surface area contributed by atoms with E-state index in [-0.39, 0.29) is 24.0 Å². The van der Waals surface area contributed by atoms with Gasteiger partial charge >= 0.3 is 0 Å². The third-order valence-electron chi connectivity index (χ3n) is 2.03. The van der Waals surface area contributed by atoms with Gasteiger partial charge in [0.15, 0.2) is 0 Å². The van der Waals surface area contributed by atoms with Crippen molar-refractivity contribution in [2.45, 2.75) is 6.92 Å². The third kappa shape index (κ3) is 3.15. The van der Waals surface area contributed by atoms with Crippen molar-refractivity contribution >= 4 is 11.4 Å². The molecule has 0 unspecified atom stereocenters. The van der Waals surface area contributed by atoms with Crippen molar-refractivity contribution in [1.82, 2.24) is 4.48 Å². The van der Waals surface area contributed by atoms with Crippen LogP contribution in [-0.2, 0) is 0 Å². The largest absolute Gasteiger partial charge is 1.00 e. The fourth-order valence-corrected chi connectivity index (χ4v) is 1.08. The number of nitrogens with two attached hydrogens (primary N) is 1. The van der Waals surface area contributed by atoms with Crippen LogP contribution in [0.2, 0.25) is 0 Å². The van der Waals surface area contributed by atoms with Crippen LogP contribution in [0.3, 0.4) is 0 Å². The zero-order chi connectivity index (χ0) is 9.35. The van der Waals surface area contributed by atoms with E-state index < -0.39 is 0 Å². The minimum atomic E-state index is 0. The van der Waals surface area contributed by atoms with Gasteiger partial charge < -0.3 is 29.7 Å². The molecule has 0 aliphatic heterocycles. The van der Waals surface area contributed by atoms with Crippen LogP contribution < -0.4 is 34.2 Å². The summed E-state index contributed by atoms with van der Waals surface area (Å²) in [6, 6.07) is 6.17. The van der Waals surface area contributed by atoms with Crippen LogP contribution in [0.4, 0.5) is 11.4 Å². The Kier molecular flexibility index (Phi) is 4.19. The summed E-state index contributed by atoms with van der Waals surface area (Å²) >= 11 is 0. The first-order chi connectivity index (χ1) is 5.41. The Balaban J connectivity index is 0.00000144. The van der Waals surface area contributed by atoms with Crippen LogP contribution in [0.1, 0.15) is 5.56 Å². The number of rotatable bonds is 1. The molecule has 0 fully saturated rings. The van der Waals surface area contributed by atoms with Gasteiger partial charge in [0.1, 0.15) is 5.69 Å². The number of benzene rings is 1. The molecular weight excluding hydrogens is 275 g/mol. The second-order valence-electron chi connectivity index (χ2n) is 4.05. The maximum atomic E-state index is 5.73. The van der Waals surface area contributed by atoms with Gasteiger partial charge in [-0.25, -0.2) is 0 Å². The SMILES string of the molecule is Cc1cc([N+](C)(C)C)ccc1N.[I-]. The Morgan fingerprint density at radius 3 is 2.08 bits per heavy atom. The number of anilines is 1. The lowest BCUT2D eigenvalue weighted by molar-refractivity contribution is -0.00000287. The molecule has 0 heterocycles. The highest BCUT2D eigenvalue weighted by Gasteiger charge is 2.11. The quantitative estimate of drug-likeness (QED) is 0.392. The van der Waals surface area contributed by atoms with Gasteiger partial charge in [0, 0.05) is 17.8 Å². The monoisotopic (exact) mass is 292 g/mol. The summed E-state index contributed by atoms with van der Waals surface area (Å²) < 4.78 is 0.834. The number of halogens is 1.